The number of rotatable bonds is 6. The second kappa shape index (κ2) is 6.02. The zero-order valence-electron chi connectivity index (χ0n) is 12.9. The highest BCUT2D eigenvalue weighted by Gasteiger charge is 2.58. The average molecular weight is 310 g/mol. The van der Waals surface area contributed by atoms with Gasteiger partial charge in [-0.2, -0.15) is 0 Å². The number of ether oxygens (including phenoxy) is 4. The summed E-state index contributed by atoms with van der Waals surface area (Å²) in [5.74, 6) is -1.58. The van der Waals surface area contributed by atoms with E-state index in [2.05, 4.69) is 0 Å². The van der Waals surface area contributed by atoms with Crippen molar-refractivity contribution in [3.8, 4) is 0 Å². The van der Waals surface area contributed by atoms with Gasteiger partial charge in [0.05, 0.1) is 32.0 Å². The van der Waals surface area contributed by atoms with Crippen LogP contribution in [-0.4, -0.2) is 57.4 Å². The zero-order valence-corrected chi connectivity index (χ0v) is 12.9. The molecule has 0 N–H and O–H groups in total. The second-order valence-corrected chi connectivity index (χ2v) is 5.14. The van der Waals surface area contributed by atoms with Gasteiger partial charge in [-0.05, 0) is 18.6 Å². The maximum atomic E-state index is 12.2. The number of Topliss-reactive ketones (excluding diaryl/α,β-unsaturated/α-hetero) is 1. The minimum absolute atomic E-state index is 0.0246. The van der Waals surface area contributed by atoms with Crippen LogP contribution in [0.1, 0.15) is 13.3 Å². The molecule has 0 fully saturated rings. The van der Waals surface area contributed by atoms with E-state index < -0.39 is 23.6 Å². The van der Waals surface area contributed by atoms with Gasteiger partial charge in [0, 0.05) is 13.5 Å². The van der Waals surface area contributed by atoms with Crippen LogP contribution in [0.2, 0.25) is 0 Å². The van der Waals surface area contributed by atoms with Crippen LogP contribution in [0.25, 0.3) is 0 Å². The van der Waals surface area contributed by atoms with Gasteiger partial charge >= 0.3 is 11.9 Å². The van der Waals surface area contributed by atoms with Crippen molar-refractivity contribution in [3.05, 3.63) is 22.8 Å². The molecule has 0 saturated heterocycles. The Labute approximate surface area is 127 Å². The van der Waals surface area contributed by atoms with Crippen LogP contribution in [0, 0.1) is 0 Å². The summed E-state index contributed by atoms with van der Waals surface area (Å²) in [6.45, 7) is 1.57. The molecule has 2 bridgehead atoms. The highest BCUT2D eigenvalue weighted by atomic mass is 16.6. The maximum absolute atomic E-state index is 12.2. The van der Waals surface area contributed by atoms with Gasteiger partial charge < -0.3 is 18.9 Å². The molecular formula is C15H18O7. The third-order valence-corrected chi connectivity index (χ3v) is 3.75. The standard InChI is InChI=1S/C15H18O7/c1-8(16)6-15-9(7-19-2)5-10(22-15)11(13(17)20-3)12(15)14(18)21-4/h5,10H,6-7H2,1-4H3. The molecule has 0 amide bonds. The van der Waals surface area contributed by atoms with Crippen LogP contribution in [0.3, 0.4) is 0 Å². The van der Waals surface area contributed by atoms with Crippen molar-refractivity contribution in [2.24, 2.45) is 0 Å². The van der Waals surface area contributed by atoms with Crippen molar-refractivity contribution in [1.82, 2.24) is 0 Å². The van der Waals surface area contributed by atoms with E-state index in [4.69, 9.17) is 18.9 Å². The summed E-state index contributed by atoms with van der Waals surface area (Å²) in [7, 11) is 3.92. The summed E-state index contributed by atoms with van der Waals surface area (Å²) in [5, 5.41) is 0. The quantitative estimate of drug-likeness (QED) is 0.516. The average Bonchev–Trinajstić information content (AvgIpc) is 2.97. The van der Waals surface area contributed by atoms with Gasteiger partial charge in [0.15, 0.2) is 0 Å². The molecule has 22 heavy (non-hydrogen) atoms. The molecule has 7 heteroatoms. The molecule has 2 rings (SSSR count). The number of carbonyl (C=O) groups is 3. The summed E-state index contributed by atoms with van der Waals surface area (Å²) in [5.41, 5.74) is -0.585. The Hall–Kier alpha value is -1.99. The highest BCUT2D eigenvalue weighted by molar-refractivity contribution is 6.06. The largest absolute Gasteiger partial charge is 0.466 e. The Kier molecular flexibility index (Phi) is 4.48. The van der Waals surface area contributed by atoms with Crippen LogP contribution in [0.4, 0.5) is 0 Å². The van der Waals surface area contributed by atoms with E-state index in [1.807, 2.05) is 0 Å². The van der Waals surface area contributed by atoms with E-state index in [9.17, 15) is 14.4 Å². The lowest BCUT2D eigenvalue weighted by Crippen LogP contribution is -2.39. The Balaban J connectivity index is 2.60. The van der Waals surface area contributed by atoms with Crippen LogP contribution in [-0.2, 0) is 33.3 Å². The highest BCUT2D eigenvalue weighted by Crippen LogP contribution is 2.50. The van der Waals surface area contributed by atoms with Crippen molar-refractivity contribution in [1.29, 1.82) is 0 Å². The Morgan fingerprint density at radius 1 is 1.18 bits per heavy atom. The topological polar surface area (TPSA) is 88.1 Å². The Bertz CT molecular complexity index is 587. The molecule has 0 spiro atoms. The molecule has 2 unspecified atom stereocenters. The van der Waals surface area contributed by atoms with E-state index in [1.165, 1.54) is 28.3 Å². The molecule has 120 valence electrons. The number of methoxy groups -OCH3 is 3. The zero-order chi connectivity index (χ0) is 16.5. The van der Waals surface area contributed by atoms with Crippen LogP contribution in [0.5, 0.6) is 0 Å². The normalized spacial score (nSPS) is 26.0. The van der Waals surface area contributed by atoms with Crippen LogP contribution in [0.15, 0.2) is 22.8 Å². The fourth-order valence-electron chi connectivity index (χ4n) is 2.98. The summed E-state index contributed by atoms with van der Waals surface area (Å²) < 4.78 is 20.5. The van der Waals surface area contributed by atoms with Crippen molar-refractivity contribution in [2.45, 2.75) is 25.0 Å². The number of ketones is 1. The van der Waals surface area contributed by atoms with Crippen LogP contribution < -0.4 is 0 Å². The van der Waals surface area contributed by atoms with Gasteiger partial charge in [-0.3, -0.25) is 4.79 Å². The lowest BCUT2D eigenvalue weighted by molar-refractivity contribution is -0.140. The number of esters is 2. The lowest BCUT2D eigenvalue weighted by atomic mass is 9.78. The summed E-state index contributed by atoms with van der Waals surface area (Å²) in [4.78, 5) is 35.9. The molecule has 2 atom stereocenters. The van der Waals surface area contributed by atoms with E-state index >= 15 is 0 Å². The van der Waals surface area contributed by atoms with Crippen molar-refractivity contribution < 1.29 is 33.3 Å². The number of hydrogen-bond acceptors (Lipinski definition) is 7. The SMILES string of the molecule is COCC1=CC2OC1(CC(C)=O)C(C(=O)OC)=C2C(=O)OC. The molecule has 2 heterocycles. The third-order valence-electron chi connectivity index (χ3n) is 3.75. The van der Waals surface area contributed by atoms with Crippen molar-refractivity contribution in [2.75, 3.05) is 27.9 Å². The van der Waals surface area contributed by atoms with Crippen molar-refractivity contribution in [3.63, 3.8) is 0 Å². The monoisotopic (exact) mass is 310 g/mol. The van der Waals surface area contributed by atoms with Gasteiger partial charge in [-0.15, -0.1) is 0 Å². The minimum Gasteiger partial charge on any atom is -0.466 e. The molecule has 2 aliphatic heterocycles. The fraction of sp³-hybridized carbons (Fsp3) is 0.533. The molecule has 0 aromatic carbocycles. The van der Waals surface area contributed by atoms with E-state index in [0.717, 1.165) is 0 Å². The van der Waals surface area contributed by atoms with Gasteiger partial charge in [-0.1, -0.05) is 0 Å². The first-order valence-electron chi connectivity index (χ1n) is 6.70. The lowest BCUT2D eigenvalue weighted by Gasteiger charge is -2.29. The van der Waals surface area contributed by atoms with Gasteiger partial charge in [-0.25, -0.2) is 9.59 Å². The van der Waals surface area contributed by atoms with Gasteiger partial charge in [0.1, 0.15) is 17.5 Å². The Morgan fingerprint density at radius 3 is 2.32 bits per heavy atom. The summed E-state index contributed by atoms with van der Waals surface area (Å²) in [6, 6.07) is 0. The summed E-state index contributed by atoms with van der Waals surface area (Å²) in [6.07, 6.45) is 0.862. The minimum atomic E-state index is -1.32. The predicted molar refractivity (Wildman–Crippen MR) is 73.9 cm³/mol. The first-order chi connectivity index (χ1) is 10.4. The second-order valence-electron chi connectivity index (χ2n) is 5.14. The number of fused-ring (bicyclic) bond motifs is 2. The van der Waals surface area contributed by atoms with Crippen molar-refractivity contribution >= 4 is 17.7 Å². The van der Waals surface area contributed by atoms with E-state index in [0.29, 0.717) is 5.57 Å². The molecule has 2 aliphatic rings. The smallest absolute Gasteiger partial charge is 0.337 e. The number of carbonyl (C=O) groups excluding carboxylic acids is 3. The number of hydrogen-bond donors (Lipinski definition) is 0. The first-order valence-corrected chi connectivity index (χ1v) is 6.70. The third kappa shape index (κ3) is 2.36. The predicted octanol–water partition coefficient (Wildman–Crippen LogP) is 0.332. The maximum Gasteiger partial charge on any atom is 0.337 e. The molecule has 0 aliphatic carbocycles. The van der Waals surface area contributed by atoms with E-state index in [1.54, 1.807) is 6.08 Å². The van der Waals surface area contributed by atoms with Gasteiger partial charge in [0.2, 0.25) is 0 Å². The van der Waals surface area contributed by atoms with Gasteiger partial charge in [0.25, 0.3) is 0 Å². The van der Waals surface area contributed by atoms with Crippen LogP contribution >= 0.6 is 0 Å². The fourth-order valence-corrected chi connectivity index (χ4v) is 2.98. The molecule has 0 aromatic rings. The summed E-state index contributed by atoms with van der Waals surface area (Å²) >= 11 is 0. The molecule has 0 radical (unpaired) electrons. The molecule has 7 nitrogen and oxygen atoms in total. The van der Waals surface area contributed by atoms with E-state index in [-0.39, 0.29) is 30.0 Å². The molecular weight excluding hydrogens is 292 g/mol. The molecule has 0 aromatic heterocycles. The Morgan fingerprint density at radius 2 is 1.82 bits per heavy atom. The molecule has 0 saturated carbocycles. The first kappa shape index (κ1) is 16.4.